The van der Waals surface area contributed by atoms with Crippen molar-refractivity contribution >= 4 is 11.7 Å². The molecule has 0 radical (unpaired) electrons. The second-order valence-electron chi connectivity index (χ2n) is 8.24. The fourth-order valence-corrected chi connectivity index (χ4v) is 4.30. The first-order valence-corrected chi connectivity index (χ1v) is 10.6. The molecule has 158 valence electrons. The Morgan fingerprint density at radius 3 is 2.30 bits per heavy atom. The highest BCUT2D eigenvalue weighted by atomic mass is 17.5. The quantitative estimate of drug-likeness (QED) is 0.521. The molecular formula is C24H27NO5. The minimum atomic E-state index is -0.139. The van der Waals surface area contributed by atoms with Crippen LogP contribution in [0.1, 0.15) is 77.8 Å². The zero-order chi connectivity index (χ0) is 21.1. The topological polar surface area (TPSA) is 65.1 Å². The summed E-state index contributed by atoms with van der Waals surface area (Å²) in [7, 11) is 0. The summed E-state index contributed by atoms with van der Waals surface area (Å²) >= 11 is 0. The third-order valence-corrected chi connectivity index (χ3v) is 5.87. The summed E-state index contributed by atoms with van der Waals surface area (Å²) in [5, 5.41) is 4.52. The van der Waals surface area contributed by atoms with Crippen molar-refractivity contribution in [3.63, 3.8) is 0 Å². The van der Waals surface area contributed by atoms with Gasteiger partial charge in [-0.3, -0.25) is 9.59 Å². The summed E-state index contributed by atoms with van der Waals surface area (Å²) in [5.74, 6) is 0.370. The molecule has 6 nitrogen and oxygen atoms in total. The fourth-order valence-electron chi connectivity index (χ4n) is 4.30. The minimum absolute atomic E-state index is 0.0372. The molecule has 0 saturated heterocycles. The van der Waals surface area contributed by atoms with E-state index in [1.165, 1.54) is 19.3 Å². The average molecular weight is 409 g/mol. The molecule has 2 aromatic carbocycles. The van der Waals surface area contributed by atoms with Crippen molar-refractivity contribution < 1.29 is 24.4 Å². The molecule has 0 unspecified atom stereocenters. The van der Waals surface area contributed by atoms with E-state index in [-0.39, 0.29) is 24.3 Å². The fraction of sp³-hybridized carbons (Fsp3) is 0.417. The lowest BCUT2D eigenvalue weighted by molar-refractivity contribution is -0.482. The van der Waals surface area contributed by atoms with Crippen molar-refractivity contribution in [3.05, 3.63) is 64.7 Å². The molecule has 1 saturated carbocycles. The molecule has 4 rings (SSSR count). The first-order valence-electron chi connectivity index (χ1n) is 10.6. The van der Waals surface area contributed by atoms with E-state index >= 15 is 0 Å². The SMILES string of the molecule is CC(C)N(C(=O)c1ccc(C(=O)c2ccc3c(c2)OOOC3)cc1)C1CCCCC1. The van der Waals surface area contributed by atoms with Gasteiger partial charge in [0.2, 0.25) is 0 Å². The number of carbonyl (C=O) groups is 2. The standard InChI is InChI=1S/C24H27NO5/c1-16(2)25(21-6-4-3-5-7-21)24(27)18-10-8-17(9-11-18)23(26)19-12-13-20-15-28-30-29-22(20)14-19/h8-14,16,21H,3-7,15H2,1-2H3. The van der Waals surface area contributed by atoms with Crippen LogP contribution in [0.15, 0.2) is 42.5 Å². The Bertz CT molecular complexity index is 916. The van der Waals surface area contributed by atoms with Gasteiger partial charge in [-0.05, 0) is 49.9 Å². The van der Waals surface area contributed by atoms with E-state index in [2.05, 4.69) is 18.9 Å². The maximum atomic E-state index is 13.2. The number of ketones is 1. The van der Waals surface area contributed by atoms with Gasteiger partial charge in [0.05, 0.1) is 0 Å². The van der Waals surface area contributed by atoms with Crippen LogP contribution < -0.4 is 4.89 Å². The molecule has 0 bridgehead atoms. The number of benzene rings is 2. The molecule has 30 heavy (non-hydrogen) atoms. The van der Waals surface area contributed by atoms with E-state index in [1.54, 1.807) is 42.5 Å². The highest BCUT2D eigenvalue weighted by Crippen LogP contribution is 2.28. The van der Waals surface area contributed by atoms with E-state index in [4.69, 9.17) is 9.78 Å². The summed E-state index contributed by atoms with van der Waals surface area (Å²) in [6.45, 7) is 4.41. The highest BCUT2D eigenvalue weighted by molar-refractivity contribution is 6.09. The summed E-state index contributed by atoms with van der Waals surface area (Å²) in [6.07, 6.45) is 5.73. The Balaban J connectivity index is 1.51. The van der Waals surface area contributed by atoms with E-state index in [0.717, 1.165) is 18.4 Å². The summed E-state index contributed by atoms with van der Waals surface area (Å²) in [5.41, 5.74) is 2.44. The first-order chi connectivity index (χ1) is 14.5. The van der Waals surface area contributed by atoms with E-state index in [1.807, 2.05) is 4.90 Å². The molecule has 0 spiro atoms. The highest BCUT2D eigenvalue weighted by Gasteiger charge is 2.28. The predicted molar refractivity (Wildman–Crippen MR) is 111 cm³/mol. The third-order valence-electron chi connectivity index (χ3n) is 5.87. The van der Waals surface area contributed by atoms with E-state index in [9.17, 15) is 9.59 Å². The molecule has 2 aromatic rings. The third kappa shape index (κ3) is 4.25. The van der Waals surface area contributed by atoms with Crippen LogP contribution in [0.2, 0.25) is 0 Å². The molecule has 6 heteroatoms. The number of carbonyl (C=O) groups excluding carboxylic acids is 2. The summed E-state index contributed by atoms with van der Waals surface area (Å²) < 4.78 is 0. The lowest BCUT2D eigenvalue weighted by Crippen LogP contribution is -2.45. The van der Waals surface area contributed by atoms with Crippen LogP contribution in [0, 0.1) is 0 Å². The Kier molecular flexibility index (Phi) is 6.16. The van der Waals surface area contributed by atoms with Crippen LogP contribution in [-0.4, -0.2) is 28.7 Å². The monoisotopic (exact) mass is 409 g/mol. The van der Waals surface area contributed by atoms with Crippen molar-refractivity contribution in [3.8, 4) is 5.75 Å². The van der Waals surface area contributed by atoms with Crippen molar-refractivity contribution in [2.45, 2.75) is 64.6 Å². The van der Waals surface area contributed by atoms with Crippen LogP contribution in [0.5, 0.6) is 5.75 Å². The van der Waals surface area contributed by atoms with Crippen molar-refractivity contribution in [2.24, 2.45) is 0 Å². The molecular weight excluding hydrogens is 382 g/mol. The zero-order valence-electron chi connectivity index (χ0n) is 17.4. The maximum absolute atomic E-state index is 13.2. The first kappa shape index (κ1) is 20.6. The van der Waals surface area contributed by atoms with Gasteiger partial charge < -0.3 is 9.79 Å². The number of hydrogen-bond donors (Lipinski definition) is 0. The van der Waals surface area contributed by atoms with Crippen LogP contribution in [-0.2, 0) is 16.5 Å². The van der Waals surface area contributed by atoms with Gasteiger partial charge in [-0.25, -0.2) is 0 Å². The maximum Gasteiger partial charge on any atom is 0.254 e. The Hall–Kier alpha value is -2.70. The molecule has 0 aromatic heterocycles. The van der Waals surface area contributed by atoms with Crippen LogP contribution in [0.3, 0.4) is 0 Å². The number of amides is 1. The predicted octanol–water partition coefficient (Wildman–Crippen LogP) is 4.86. The summed E-state index contributed by atoms with van der Waals surface area (Å²) in [6, 6.07) is 12.5. The smallest absolute Gasteiger partial charge is 0.254 e. The lowest BCUT2D eigenvalue weighted by atomic mass is 9.92. The van der Waals surface area contributed by atoms with Crippen LogP contribution >= 0.6 is 0 Å². The number of hydrogen-bond acceptors (Lipinski definition) is 5. The normalized spacial score (nSPS) is 16.6. The molecule has 1 fully saturated rings. The zero-order valence-corrected chi connectivity index (χ0v) is 17.4. The van der Waals surface area contributed by atoms with E-state index < -0.39 is 0 Å². The van der Waals surface area contributed by atoms with Gasteiger partial charge in [0.25, 0.3) is 5.91 Å². The van der Waals surface area contributed by atoms with Gasteiger partial charge >= 0.3 is 0 Å². The van der Waals surface area contributed by atoms with Gasteiger partial charge in [0.15, 0.2) is 11.5 Å². The number of rotatable bonds is 5. The Morgan fingerprint density at radius 1 is 0.933 bits per heavy atom. The molecule has 0 N–H and O–H groups in total. The molecule has 0 atom stereocenters. The Labute approximate surface area is 176 Å². The van der Waals surface area contributed by atoms with Gasteiger partial charge in [0.1, 0.15) is 6.61 Å². The van der Waals surface area contributed by atoms with Gasteiger partial charge in [-0.1, -0.05) is 43.5 Å². The summed E-state index contributed by atoms with van der Waals surface area (Å²) in [4.78, 5) is 37.8. The number of nitrogens with zero attached hydrogens (tertiary/aromatic N) is 1. The number of fused-ring (bicyclic) bond motifs is 1. The van der Waals surface area contributed by atoms with Crippen molar-refractivity contribution in [1.82, 2.24) is 4.90 Å². The largest absolute Gasteiger partial charge is 0.333 e. The van der Waals surface area contributed by atoms with Gasteiger partial charge in [0, 0.05) is 34.3 Å². The molecule has 2 aliphatic rings. The molecule has 1 aliphatic carbocycles. The molecule has 1 aliphatic heterocycles. The average Bonchev–Trinajstić information content (AvgIpc) is 2.79. The van der Waals surface area contributed by atoms with Gasteiger partial charge in [-0.2, -0.15) is 4.89 Å². The second-order valence-corrected chi connectivity index (χ2v) is 8.24. The van der Waals surface area contributed by atoms with E-state index in [0.29, 0.717) is 28.5 Å². The molecule has 1 amide bonds. The Morgan fingerprint density at radius 2 is 1.60 bits per heavy atom. The minimum Gasteiger partial charge on any atom is -0.333 e. The van der Waals surface area contributed by atoms with Crippen molar-refractivity contribution in [2.75, 3.05) is 0 Å². The van der Waals surface area contributed by atoms with Gasteiger partial charge in [-0.15, -0.1) is 0 Å². The lowest BCUT2D eigenvalue weighted by Gasteiger charge is -2.37. The molecule has 1 heterocycles. The second kappa shape index (κ2) is 8.98. The van der Waals surface area contributed by atoms with Crippen LogP contribution in [0.25, 0.3) is 0 Å². The van der Waals surface area contributed by atoms with Crippen LogP contribution in [0.4, 0.5) is 0 Å². The van der Waals surface area contributed by atoms with Crippen molar-refractivity contribution in [1.29, 1.82) is 0 Å².